The number of likely N-dealkylation sites (tertiary alicyclic amines) is 1. The molecule has 1 aromatic carbocycles. The van der Waals surface area contributed by atoms with Crippen LogP contribution in [0.25, 0.3) is 5.69 Å². The van der Waals surface area contributed by atoms with E-state index in [1.807, 2.05) is 30.3 Å². The molecule has 1 aromatic heterocycles. The van der Waals surface area contributed by atoms with Crippen LogP contribution in [0, 0.1) is 0 Å². The molecule has 128 valence electrons. The molecule has 2 aromatic rings. The molecule has 0 N–H and O–H groups in total. The average Bonchev–Trinajstić information content (AvgIpc) is 3.22. The summed E-state index contributed by atoms with van der Waals surface area (Å²) >= 11 is 0. The summed E-state index contributed by atoms with van der Waals surface area (Å²) < 4.78 is 7.03. The lowest BCUT2D eigenvalue weighted by Crippen LogP contribution is -2.39. The van der Waals surface area contributed by atoms with Crippen molar-refractivity contribution in [2.75, 3.05) is 34.3 Å². The van der Waals surface area contributed by atoms with E-state index in [4.69, 9.17) is 4.74 Å². The second-order valence-corrected chi connectivity index (χ2v) is 6.22. The number of carbonyl (C=O) groups excluding carboxylic acids is 1. The summed E-state index contributed by atoms with van der Waals surface area (Å²) in [6.07, 6.45) is 2.73. The third-order valence-corrected chi connectivity index (χ3v) is 4.52. The second-order valence-electron chi connectivity index (χ2n) is 6.22. The van der Waals surface area contributed by atoms with Gasteiger partial charge in [-0.25, -0.2) is 9.67 Å². The number of carbonyl (C=O) groups is 1. The van der Waals surface area contributed by atoms with Gasteiger partial charge in [0.1, 0.15) is 6.33 Å². The van der Waals surface area contributed by atoms with Crippen molar-refractivity contribution in [1.29, 1.82) is 0 Å². The number of hydrogen-bond acceptors (Lipinski definition) is 5. The molecule has 0 spiro atoms. The van der Waals surface area contributed by atoms with Gasteiger partial charge in [0.2, 0.25) is 5.82 Å². The Morgan fingerprint density at radius 2 is 2.12 bits per heavy atom. The molecule has 24 heavy (non-hydrogen) atoms. The Balaban J connectivity index is 1.65. The molecule has 1 fully saturated rings. The van der Waals surface area contributed by atoms with Gasteiger partial charge in [-0.05, 0) is 25.6 Å². The lowest BCUT2D eigenvalue weighted by Gasteiger charge is -2.24. The fourth-order valence-electron chi connectivity index (χ4n) is 3.05. The van der Waals surface area contributed by atoms with Crippen molar-refractivity contribution in [3.63, 3.8) is 0 Å². The van der Waals surface area contributed by atoms with Crippen molar-refractivity contribution in [2.24, 2.45) is 0 Å². The lowest BCUT2D eigenvalue weighted by molar-refractivity contribution is 0.0748. The van der Waals surface area contributed by atoms with Gasteiger partial charge in [-0.1, -0.05) is 18.2 Å². The molecule has 0 aliphatic carbocycles. The molecule has 1 amide bonds. The third kappa shape index (κ3) is 3.47. The van der Waals surface area contributed by atoms with E-state index in [0.717, 1.165) is 18.7 Å². The Hall–Kier alpha value is -2.25. The lowest BCUT2D eigenvalue weighted by atomic mass is 10.2. The third-order valence-electron chi connectivity index (χ3n) is 4.52. The maximum absolute atomic E-state index is 12.6. The highest BCUT2D eigenvalue weighted by Gasteiger charge is 2.31. The topological polar surface area (TPSA) is 63.5 Å². The molecule has 3 rings (SSSR count). The SMILES string of the molecule is CO[C@H]1C[C@@H](CN(C)C(=O)c2ncn(-c3ccccc3)n2)N(C)C1. The van der Waals surface area contributed by atoms with Crippen LogP contribution in [0.1, 0.15) is 17.0 Å². The van der Waals surface area contributed by atoms with Gasteiger partial charge in [0, 0.05) is 33.3 Å². The maximum atomic E-state index is 12.6. The molecule has 2 atom stereocenters. The molecule has 0 radical (unpaired) electrons. The minimum absolute atomic E-state index is 0.168. The Labute approximate surface area is 141 Å². The summed E-state index contributed by atoms with van der Waals surface area (Å²) in [6.45, 7) is 1.53. The number of methoxy groups -OCH3 is 1. The largest absolute Gasteiger partial charge is 0.380 e. The Morgan fingerprint density at radius 1 is 1.38 bits per heavy atom. The van der Waals surface area contributed by atoms with Crippen LogP contribution in [0.2, 0.25) is 0 Å². The van der Waals surface area contributed by atoms with Crippen LogP contribution in [0.5, 0.6) is 0 Å². The smallest absolute Gasteiger partial charge is 0.293 e. The predicted molar refractivity (Wildman–Crippen MR) is 90.2 cm³/mol. The number of rotatable bonds is 5. The van der Waals surface area contributed by atoms with E-state index in [-0.39, 0.29) is 17.8 Å². The van der Waals surface area contributed by atoms with E-state index < -0.39 is 0 Å². The molecule has 1 aliphatic heterocycles. The monoisotopic (exact) mass is 329 g/mol. The fraction of sp³-hybridized carbons (Fsp3) is 0.471. The van der Waals surface area contributed by atoms with Gasteiger partial charge in [-0.3, -0.25) is 9.69 Å². The first-order valence-electron chi connectivity index (χ1n) is 8.04. The first-order valence-corrected chi connectivity index (χ1v) is 8.04. The minimum atomic E-state index is -0.168. The van der Waals surface area contributed by atoms with Gasteiger partial charge in [0.05, 0.1) is 11.8 Å². The molecular formula is C17H23N5O2. The van der Waals surface area contributed by atoms with Gasteiger partial charge in [0.15, 0.2) is 0 Å². The maximum Gasteiger partial charge on any atom is 0.293 e. The normalized spacial score (nSPS) is 21.1. The van der Waals surface area contributed by atoms with Gasteiger partial charge < -0.3 is 9.64 Å². The molecule has 0 unspecified atom stereocenters. The van der Waals surface area contributed by atoms with Crippen LogP contribution < -0.4 is 0 Å². The van der Waals surface area contributed by atoms with Gasteiger partial charge in [-0.2, -0.15) is 0 Å². The Bertz CT molecular complexity index is 687. The van der Waals surface area contributed by atoms with Crippen LogP contribution in [0.15, 0.2) is 36.7 Å². The molecule has 1 aliphatic rings. The number of amides is 1. The number of nitrogens with zero attached hydrogens (tertiary/aromatic N) is 5. The Kier molecular flexibility index (Phi) is 4.92. The number of benzene rings is 1. The highest BCUT2D eigenvalue weighted by molar-refractivity contribution is 5.90. The zero-order valence-electron chi connectivity index (χ0n) is 14.3. The number of hydrogen-bond donors (Lipinski definition) is 0. The molecule has 0 bridgehead atoms. The molecular weight excluding hydrogens is 306 g/mol. The minimum Gasteiger partial charge on any atom is -0.380 e. The fourth-order valence-corrected chi connectivity index (χ4v) is 3.05. The summed E-state index contributed by atoms with van der Waals surface area (Å²) in [7, 11) is 5.58. The van der Waals surface area contributed by atoms with Crippen molar-refractivity contribution in [1.82, 2.24) is 24.6 Å². The zero-order valence-corrected chi connectivity index (χ0v) is 14.3. The number of ether oxygens (including phenoxy) is 1. The summed E-state index contributed by atoms with van der Waals surface area (Å²) in [5.74, 6) is 0.0456. The number of para-hydroxylation sites is 1. The summed E-state index contributed by atoms with van der Waals surface area (Å²) in [6, 6.07) is 9.92. The molecule has 1 saturated heterocycles. The summed E-state index contributed by atoms with van der Waals surface area (Å²) in [5.41, 5.74) is 0.880. The van der Waals surface area contributed by atoms with E-state index >= 15 is 0 Å². The summed E-state index contributed by atoms with van der Waals surface area (Å²) in [4.78, 5) is 20.6. The number of aromatic nitrogens is 3. The van der Waals surface area contributed by atoms with Crippen molar-refractivity contribution >= 4 is 5.91 Å². The standard InChI is InChI=1S/C17H23N5O2/c1-20-11-15(24-3)9-14(20)10-21(2)17(23)16-18-12-22(19-16)13-7-5-4-6-8-13/h4-8,12,14-15H,9-11H2,1-3H3/t14-,15-/m0/s1. The second kappa shape index (κ2) is 7.11. The van der Waals surface area contributed by atoms with Crippen molar-refractivity contribution in [3.05, 3.63) is 42.5 Å². The van der Waals surface area contributed by atoms with Gasteiger partial charge in [0.25, 0.3) is 5.91 Å². The van der Waals surface area contributed by atoms with Crippen molar-refractivity contribution < 1.29 is 9.53 Å². The van der Waals surface area contributed by atoms with E-state index in [1.165, 1.54) is 0 Å². The van der Waals surface area contributed by atoms with E-state index in [9.17, 15) is 4.79 Å². The van der Waals surface area contributed by atoms with Crippen LogP contribution in [-0.4, -0.2) is 76.9 Å². The number of likely N-dealkylation sites (N-methyl/N-ethyl adjacent to an activating group) is 2. The summed E-state index contributed by atoms with van der Waals surface area (Å²) in [5, 5.41) is 4.30. The quantitative estimate of drug-likeness (QED) is 0.821. The van der Waals surface area contributed by atoms with E-state index in [0.29, 0.717) is 12.6 Å². The van der Waals surface area contributed by atoms with Crippen LogP contribution in [0.4, 0.5) is 0 Å². The average molecular weight is 329 g/mol. The highest BCUT2D eigenvalue weighted by atomic mass is 16.5. The van der Waals surface area contributed by atoms with Crippen molar-refractivity contribution in [3.8, 4) is 5.69 Å². The first kappa shape index (κ1) is 16.6. The Morgan fingerprint density at radius 3 is 2.79 bits per heavy atom. The highest BCUT2D eigenvalue weighted by Crippen LogP contribution is 2.19. The van der Waals surface area contributed by atoms with Crippen LogP contribution in [-0.2, 0) is 4.74 Å². The van der Waals surface area contributed by atoms with E-state index in [2.05, 4.69) is 22.0 Å². The molecule has 2 heterocycles. The van der Waals surface area contributed by atoms with Gasteiger partial charge in [-0.15, -0.1) is 5.10 Å². The van der Waals surface area contributed by atoms with Crippen LogP contribution in [0.3, 0.4) is 0 Å². The first-order chi connectivity index (χ1) is 11.6. The van der Waals surface area contributed by atoms with E-state index in [1.54, 1.807) is 30.1 Å². The molecule has 7 heteroatoms. The van der Waals surface area contributed by atoms with Gasteiger partial charge >= 0.3 is 0 Å². The van der Waals surface area contributed by atoms with Crippen LogP contribution >= 0.6 is 0 Å². The molecule has 0 saturated carbocycles. The zero-order chi connectivity index (χ0) is 17.1. The van der Waals surface area contributed by atoms with Crippen molar-refractivity contribution in [2.45, 2.75) is 18.6 Å². The predicted octanol–water partition coefficient (Wildman–Crippen LogP) is 1.06. The molecule has 7 nitrogen and oxygen atoms in total.